The second kappa shape index (κ2) is 15.3. The molecule has 0 bridgehead atoms. The second-order valence-electron chi connectivity index (χ2n) is 14.5. The number of hydrogen-bond acceptors (Lipinski definition) is 3. The molecule has 0 spiro atoms. The standard InChI is InChI=1S/C47H51N3/c1-9-37(39-14-16-42(17-15-39)46-25-33(5)49-34(6)26-46)29-44(40-18-20-43(21-19-40)47-27-35(7)50-36(8)28-47)22-30(2)38-10-12-41(13-11-38)45-23-31(3)48-32(4)24-45/h10-21,23-28,30,37,44H,9,22,29H2,1-8H3. The van der Waals surface area contributed by atoms with Crippen LogP contribution in [0.3, 0.4) is 0 Å². The molecule has 3 atom stereocenters. The lowest BCUT2D eigenvalue weighted by atomic mass is 9.78. The molecule has 50 heavy (non-hydrogen) atoms. The minimum absolute atomic E-state index is 0.415. The number of nitrogens with zero attached hydrogens (tertiary/aromatic N) is 3. The average molecular weight is 658 g/mol. The number of aryl methyl sites for hydroxylation is 6. The summed E-state index contributed by atoms with van der Waals surface area (Å²) in [5.74, 6) is 1.30. The smallest absolute Gasteiger partial charge is 0.0382 e. The maximum Gasteiger partial charge on any atom is 0.0382 e. The summed E-state index contributed by atoms with van der Waals surface area (Å²) >= 11 is 0. The van der Waals surface area contributed by atoms with Crippen LogP contribution in [-0.4, -0.2) is 15.0 Å². The van der Waals surface area contributed by atoms with Crippen LogP contribution in [0.15, 0.2) is 109 Å². The highest BCUT2D eigenvalue weighted by Gasteiger charge is 2.22. The third kappa shape index (κ3) is 8.45. The third-order valence-electron chi connectivity index (χ3n) is 10.2. The predicted octanol–water partition coefficient (Wildman–Crippen LogP) is 12.6. The van der Waals surface area contributed by atoms with E-state index in [2.05, 4.69) is 180 Å². The number of aromatic nitrogens is 3. The van der Waals surface area contributed by atoms with E-state index < -0.39 is 0 Å². The molecule has 3 aromatic heterocycles. The van der Waals surface area contributed by atoms with Gasteiger partial charge in [0.1, 0.15) is 0 Å². The van der Waals surface area contributed by atoms with Gasteiger partial charge in [0.25, 0.3) is 0 Å². The normalized spacial score (nSPS) is 13.2. The number of rotatable bonds is 11. The van der Waals surface area contributed by atoms with Gasteiger partial charge in [-0.3, -0.25) is 15.0 Å². The first-order valence-electron chi connectivity index (χ1n) is 18.2. The molecule has 6 aromatic rings. The van der Waals surface area contributed by atoms with Crippen molar-refractivity contribution in [2.24, 2.45) is 0 Å². The summed E-state index contributed by atoms with van der Waals surface area (Å²) in [4.78, 5) is 13.7. The minimum Gasteiger partial charge on any atom is -0.258 e. The van der Waals surface area contributed by atoms with E-state index in [4.69, 9.17) is 0 Å². The van der Waals surface area contributed by atoms with Crippen LogP contribution in [0.1, 0.15) is 102 Å². The van der Waals surface area contributed by atoms with Gasteiger partial charge in [-0.2, -0.15) is 0 Å². The molecule has 3 nitrogen and oxygen atoms in total. The fraction of sp³-hybridized carbons (Fsp3) is 0.298. The van der Waals surface area contributed by atoms with Crippen molar-refractivity contribution in [2.45, 2.75) is 92.4 Å². The lowest BCUT2D eigenvalue weighted by Gasteiger charge is -2.27. The van der Waals surface area contributed by atoms with E-state index in [9.17, 15) is 0 Å². The number of pyridine rings is 3. The van der Waals surface area contributed by atoms with Crippen molar-refractivity contribution in [1.82, 2.24) is 15.0 Å². The highest BCUT2D eigenvalue weighted by Crippen LogP contribution is 2.40. The average Bonchev–Trinajstić information content (AvgIpc) is 3.09. The fourth-order valence-electron chi connectivity index (χ4n) is 7.72. The van der Waals surface area contributed by atoms with Gasteiger partial charge in [-0.05, 0) is 165 Å². The predicted molar refractivity (Wildman–Crippen MR) is 211 cm³/mol. The third-order valence-corrected chi connectivity index (χ3v) is 10.2. The molecule has 0 aliphatic rings. The zero-order chi connectivity index (χ0) is 35.4. The lowest BCUT2D eigenvalue weighted by Crippen LogP contribution is -2.10. The Morgan fingerprint density at radius 1 is 0.380 bits per heavy atom. The van der Waals surface area contributed by atoms with Gasteiger partial charge >= 0.3 is 0 Å². The van der Waals surface area contributed by atoms with Gasteiger partial charge < -0.3 is 0 Å². The zero-order valence-corrected chi connectivity index (χ0v) is 31.1. The molecular formula is C47H51N3. The molecule has 0 saturated carbocycles. The Kier molecular flexibility index (Phi) is 10.7. The van der Waals surface area contributed by atoms with Gasteiger partial charge in [-0.15, -0.1) is 0 Å². The lowest BCUT2D eigenvalue weighted by molar-refractivity contribution is 0.467. The summed E-state index contributed by atoms with van der Waals surface area (Å²) in [6.07, 6.45) is 3.29. The molecule has 3 heteroatoms. The van der Waals surface area contributed by atoms with Gasteiger partial charge in [0.15, 0.2) is 0 Å². The molecule has 6 rings (SSSR count). The van der Waals surface area contributed by atoms with E-state index in [1.165, 1.54) is 50.1 Å². The maximum absolute atomic E-state index is 4.59. The summed E-state index contributed by atoms with van der Waals surface area (Å²) in [5, 5.41) is 0. The largest absolute Gasteiger partial charge is 0.258 e. The van der Waals surface area contributed by atoms with Crippen LogP contribution in [-0.2, 0) is 0 Å². The first kappa shape index (κ1) is 35.0. The molecule has 0 N–H and O–H groups in total. The Bertz CT molecular complexity index is 2000. The van der Waals surface area contributed by atoms with Gasteiger partial charge in [-0.1, -0.05) is 86.6 Å². The molecule has 0 saturated heterocycles. The summed E-state index contributed by atoms with van der Waals surface area (Å²) in [7, 11) is 0. The van der Waals surface area contributed by atoms with Crippen LogP contribution in [0, 0.1) is 41.5 Å². The first-order valence-corrected chi connectivity index (χ1v) is 18.2. The Labute approximate surface area is 299 Å². The van der Waals surface area contributed by atoms with Gasteiger partial charge in [0.2, 0.25) is 0 Å². The molecule has 3 heterocycles. The van der Waals surface area contributed by atoms with Crippen LogP contribution in [0.5, 0.6) is 0 Å². The van der Waals surface area contributed by atoms with E-state index in [-0.39, 0.29) is 0 Å². The highest BCUT2D eigenvalue weighted by molar-refractivity contribution is 5.66. The molecular weight excluding hydrogens is 607 g/mol. The molecule has 0 amide bonds. The van der Waals surface area contributed by atoms with Crippen molar-refractivity contribution in [2.75, 3.05) is 0 Å². The Hall–Kier alpha value is -4.89. The fourth-order valence-corrected chi connectivity index (χ4v) is 7.72. The van der Waals surface area contributed by atoms with E-state index in [0.29, 0.717) is 17.8 Å². The van der Waals surface area contributed by atoms with Crippen molar-refractivity contribution in [3.63, 3.8) is 0 Å². The van der Waals surface area contributed by atoms with Gasteiger partial charge in [0.05, 0.1) is 0 Å². The van der Waals surface area contributed by atoms with Crippen molar-refractivity contribution >= 4 is 0 Å². The van der Waals surface area contributed by atoms with Crippen molar-refractivity contribution in [3.05, 3.63) is 160 Å². The Morgan fingerprint density at radius 2 is 0.680 bits per heavy atom. The number of benzene rings is 3. The molecule has 3 aromatic carbocycles. The second-order valence-corrected chi connectivity index (χ2v) is 14.5. The van der Waals surface area contributed by atoms with Crippen LogP contribution in [0.25, 0.3) is 33.4 Å². The van der Waals surface area contributed by atoms with Crippen LogP contribution < -0.4 is 0 Å². The SMILES string of the molecule is CCC(CC(CC(C)c1ccc(-c2cc(C)nc(C)c2)cc1)c1ccc(-c2cc(C)nc(C)c2)cc1)c1ccc(-c2cc(C)nc(C)c2)cc1. The van der Waals surface area contributed by atoms with E-state index >= 15 is 0 Å². The van der Waals surface area contributed by atoms with E-state index in [0.717, 1.165) is 53.4 Å². The Morgan fingerprint density at radius 3 is 1.00 bits per heavy atom. The molecule has 0 aliphatic carbocycles. The van der Waals surface area contributed by atoms with Gasteiger partial charge in [-0.25, -0.2) is 0 Å². The Balaban J connectivity index is 1.27. The highest BCUT2D eigenvalue weighted by atomic mass is 14.7. The van der Waals surface area contributed by atoms with Crippen LogP contribution in [0.2, 0.25) is 0 Å². The summed E-state index contributed by atoms with van der Waals surface area (Å²) in [6.45, 7) is 17.2. The van der Waals surface area contributed by atoms with Crippen LogP contribution >= 0.6 is 0 Å². The van der Waals surface area contributed by atoms with Crippen molar-refractivity contribution in [1.29, 1.82) is 0 Å². The van der Waals surface area contributed by atoms with E-state index in [1.807, 2.05) is 0 Å². The van der Waals surface area contributed by atoms with E-state index in [1.54, 1.807) is 0 Å². The monoisotopic (exact) mass is 657 g/mol. The van der Waals surface area contributed by atoms with Crippen molar-refractivity contribution < 1.29 is 0 Å². The minimum atomic E-state index is 0.415. The van der Waals surface area contributed by atoms with Gasteiger partial charge in [0, 0.05) is 34.2 Å². The van der Waals surface area contributed by atoms with Crippen LogP contribution in [0.4, 0.5) is 0 Å². The topological polar surface area (TPSA) is 38.7 Å². The summed E-state index contributed by atoms with van der Waals surface area (Å²) in [5.41, 5.74) is 18.0. The summed E-state index contributed by atoms with van der Waals surface area (Å²) < 4.78 is 0. The molecule has 254 valence electrons. The molecule has 3 unspecified atom stereocenters. The molecule has 0 aliphatic heterocycles. The zero-order valence-electron chi connectivity index (χ0n) is 31.1. The number of hydrogen-bond donors (Lipinski definition) is 0. The molecule has 0 fully saturated rings. The van der Waals surface area contributed by atoms with Crippen molar-refractivity contribution in [3.8, 4) is 33.4 Å². The maximum atomic E-state index is 4.59. The molecule has 0 radical (unpaired) electrons. The summed E-state index contributed by atoms with van der Waals surface area (Å²) in [6, 6.07) is 41.0. The quantitative estimate of drug-likeness (QED) is 0.139. The first-order chi connectivity index (χ1) is 24.0.